The van der Waals surface area contributed by atoms with Gasteiger partial charge in [0.2, 0.25) is 5.72 Å². The van der Waals surface area contributed by atoms with E-state index >= 15 is 0 Å². The van der Waals surface area contributed by atoms with Crippen LogP contribution in [0.15, 0.2) is 34.1 Å². The van der Waals surface area contributed by atoms with Crippen molar-refractivity contribution in [1.29, 1.82) is 0 Å². The van der Waals surface area contributed by atoms with Crippen LogP contribution in [-0.2, 0) is 6.54 Å². The largest absolute Gasteiger partial charge is 0.466 e. The second-order valence-corrected chi connectivity index (χ2v) is 8.62. The van der Waals surface area contributed by atoms with E-state index in [2.05, 4.69) is 12.0 Å². The van der Waals surface area contributed by atoms with Gasteiger partial charge < -0.3 is 4.74 Å². The normalized spacial score (nSPS) is 23.0. The van der Waals surface area contributed by atoms with Crippen LogP contribution in [0.5, 0.6) is 5.75 Å². The molecule has 0 N–H and O–H groups in total. The summed E-state index contributed by atoms with van der Waals surface area (Å²) in [4.78, 5) is 18.9. The van der Waals surface area contributed by atoms with Crippen LogP contribution in [0.25, 0.3) is 6.08 Å². The Kier molecular flexibility index (Phi) is 3.68. The molecule has 3 aromatic rings. The van der Waals surface area contributed by atoms with Crippen LogP contribution >= 0.6 is 11.3 Å². The van der Waals surface area contributed by atoms with E-state index in [0.29, 0.717) is 11.0 Å². The van der Waals surface area contributed by atoms with Gasteiger partial charge in [-0.25, -0.2) is 4.99 Å². The van der Waals surface area contributed by atoms with Gasteiger partial charge >= 0.3 is 0 Å². The van der Waals surface area contributed by atoms with Gasteiger partial charge in [0.15, 0.2) is 4.80 Å². The zero-order chi connectivity index (χ0) is 19.6. The summed E-state index contributed by atoms with van der Waals surface area (Å²) in [6.07, 6.45) is 2.63. The van der Waals surface area contributed by atoms with Crippen molar-refractivity contribution >= 4 is 17.4 Å². The fourth-order valence-corrected chi connectivity index (χ4v) is 5.40. The maximum absolute atomic E-state index is 13.3. The van der Waals surface area contributed by atoms with E-state index in [-0.39, 0.29) is 11.6 Å². The highest BCUT2D eigenvalue weighted by Gasteiger charge is 2.42. The SMILES string of the molecule is CCn1nc(C)c(/C=c2\sc3n(c2=O)C2CC(C)(N=3)Oc3ccccc32)c1C. The lowest BCUT2D eigenvalue weighted by Crippen LogP contribution is -2.49. The summed E-state index contributed by atoms with van der Waals surface area (Å²) in [5.41, 5.74) is 3.46. The average molecular weight is 395 g/mol. The fourth-order valence-electron chi connectivity index (χ4n) is 4.30. The van der Waals surface area contributed by atoms with E-state index in [1.807, 2.05) is 60.4 Å². The molecule has 2 aromatic heterocycles. The molecule has 0 aliphatic carbocycles. The number of thiazole rings is 1. The van der Waals surface area contributed by atoms with Crippen LogP contribution < -0.4 is 19.6 Å². The third-order valence-electron chi connectivity index (χ3n) is 5.67. The van der Waals surface area contributed by atoms with Crippen molar-refractivity contribution in [1.82, 2.24) is 14.3 Å². The maximum Gasteiger partial charge on any atom is 0.270 e. The van der Waals surface area contributed by atoms with Gasteiger partial charge in [-0.05, 0) is 39.8 Å². The highest BCUT2D eigenvalue weighted by molar-refractivity contribution is 7.07. The molecule has 2 aliphatic heterocycles. The molecule has 0 saturated heterocycles. The van der Waals surface area contributed by atoms with E-state index in [9.17, 15) is 4.79 Å². The van der Waals surface area contributed by atoms with E-state index < -0.39 is 5.72 Å². The smallest absolute Gasteiger partial charge is 0.270 e. The van der Waals surface area contributed by atoms with Crippen LogP contribution in [-0.4, -0.2) is 20.1 Å². The Bertz CT molecular complexity index is 1280. The molecular formula is C21H22N4O2S. The van der Waals surface area contributed by atoms with Crippen molar-refractivity contribution < 1.29 is 4.74 Å². The molecule has 5 rings (SSSR count). The van der Waals surface area contributed by atoms with Crippen molar-refractivity contribution in [3.8, 4) is 5.75 Å². The monoisotopic (exact) mass is 394 g/mol. The summed E-state index contributed by atoms with van der Waals surface area (Å²) in [6.45, 7) is 8.90. The van der Waals surface area contributed by atoms with E-state index in [4.69, 9.17) is 9.73 Å². The Hall–Kier alpha value is -2.67. The molecule has 6 nitrogen and oxygen atoms in total. The number of benzene rings is 1. The standard InChI is InChI=1S/C21H22N4O2S/c1-5-24-13(3)15(12(2)23-24)10-18-19(26)25-16-11-21(4,22-20(25)28-18)27-17-9-7-6-8-14(16)17/h6-10,16H,5,11H2,1-4H3/b18-10-. The highest BCUT2D eigenvalue weighted by Crippen LogP contribution is 2.42. The maximum atomic E-state index is 13.3. The summed E-state index contributed by atoms with van der Waals surface area (Å²) in [6, 6.07) is 7.90. The molecule has 0 saturated carbocycles. The minimum Gasteiger partial charge on any atom is -0.466 e. The second-order valence-electron chi connectivity index (χ2n) is 7.62. The predicted octanol–water partition coefficient (Wildman–Crippen LogP) is 2.29. The van der Waals surface area contributed by atoms with E-state index in [1.165, 1.54) is 11.3 Å². The number of rotatable bonds is 2. The lowest BCUT2D eigenvalue weighted by Gasteiger charge is -2.39. The molecule has 0 spiro atoms. The number of ether oxygens (including phenoxy) is 1. The van der Waals surface area contributed by atoms with Gasteiger partial charge in [-0.15, -0.1) is 0 Å². The van der Waals surface area contributed by atoms with E-state index in [0.717, 1.165) is 39.6 Å². The van der Waals surface area contributed by atoms with Crippen molar-refractivity contribution in [2.24, 2.45) is 4.99 Å². The average Bonchev–Trinajstić information content (AvgIpc) is 3.11. The molecule has 2 atom stereocenters. The lowest BCUT2D eigenvalue weighted by atomic mass is 9.93. The summed E-state index contributed by atoms with van der Waals surface area (Å²) < 4.78 is 10.7. The minimum atomic E-state index is -0.632. The Morgan fingerprint density at radius 2 is 2.14 bits per heavy atom. The van der Waals surface area contributed by atoms with Crippen molar-refractivity contribution in [2.75, 3.05) is 0 Å². The first-order valence-electron chi connectivity index (χ1n) is 9.55. The van der Waals surface area contributed by atoms with Gasteiger partial charge in [-0.1, -0.05) is 29.5 Å². The van der Waals surface area contributed by atoms with Gasteiger partial charge in [0, 0.05) is 29.8 Å². The van der Waals surface area contributed by atoms with Gasteiger partial charge in [0.05, 0.1) is 16.3 Å². The molecule has 2 unspecified atom stereocenters. The number of hydrogen-bond acceptors (Lipinski definition) is 5. The number of aromatic nitrogens is 3. The molecule has 0 fully saturated rings. The molecule has 1 aromatic carbocycles. The van der Waals surface area contributed by atoms with Crippen LogP contribution in [0.1, 0.15) is 48.8 Å². The summed E-state index contributed by atoms with van der Waals surface area (Å²) in [5.74, 6) is 0.815. The molecular weight excluding hydrogens is 372 g/mol. The van der Waals surface area contributed by atoms with Crippen molar-refractivity contribution in [3.05, 3.63) is 66.5 Å². The van der Waals surface area contributed by atoms with Crippen LogP contribution in [0.2, 0.25) is 0 Å². The van der Waals surface area contributed by atoms with Gasteiger partial charge in [0.1, 0.15) is 5.75 Å². The topological polar surface area (TPSA) is 61.4 Å². The third kappa shape index (κ3) is 2.42. The Morgan fingerprint density at radius 1 is 1.36 bits per heavy atom. The van der Waals surface area contributed by atoms with Crippen molar-refractivity contribution in [3.63, 3.8) is 0 Å². The van der Waals surface area contributed by atoms with Crippen LogP contribution in [0, 0.1) is 13.8 Å². The first-order chi connectivity index (χ1) is 13.4. The first-order valence-corrected chi connectivity index (χ1v) is 10.4. The zero-order valence-electron chi connectivity index (χ0n) is 16.4. The molecule has 0 amide bonds. The number of nitrogens with zero attached hydrogens (tertiary/aromatic N) is 4. The zero-order valence-corrected chi connectivity index (χ0v) is 17.2. The molecule has 2 aliphatic rings. The number of aryl methyl sites for hydroxylation is 2. The summed E-state index contributed by atoms with van der Waals surface area (Å²) in [5, 5.41) is 4.57. The third-order valence-corrected chi connectivity index (χ3v) is 6.66. The second kappa shape index (κ2) is 5.91. The molecule has 0 radical (unpaired) electrons. The highest BCUT2D eigenvalue weighted by atomic mass is 32.1. The number of hydrogen-bond donors (Lipinski definition) is 0. The number of para-hydroxylation sites is 1. The Morgan fingerprint density at radius 3 is 2.89 bits per heavy atom. The Labute approximate surface area is 166 Å². The molecule has 7 heteroatoms. The van der Waals surface area contributed by atoms with Crippen LogP contribution in [0.4, 0.5) is 0 Å². The fraction of sp³-hybridized carbons (Fsp3) is 0.381. The van der Waals surface area contributed by atoms with E-state index in [1.54, 1.807) is 0 Å². The van der Waals surface area contributed by atoms with Crippen LogP contribution in [0.3, 0.4) is 0 Å². The van der Waals surface area contributed by atoms with Crippen molar-refractivity contribution in [2.45, 2.75) is 52.4 Å². The lowest BCUT2D eigenvalue weighted by molar-refractivity contribution is 0.0410. The molecule has 2 bridgehead atoms. The van der Waals surface area contributed by atoms with Gasteiger partial charge in [-0.3, -0.25) is 14.0 Å². The molecule has 144 valence electrons. The summed E-state index contributed by atoms with van der Waals surface area (Å²) in [7, 11) is 0. The quantitative estimate of drug-likeness (QED) is 0.670. The van der Waals surface area contributed by atoms with Gasteiger partial charge in [0.25, 0.3) is 5.56 Å². The molecule has 4 heterocycles. The molecule has 28 heavy (non-hydrogen) atoms. The number of fused-ring (bicyclic) bond motifs is 6. The first kappa shape index (κ1) is 17.4. The van der Waals surface area contributed by atoms with Gasteiger partial charge in [-0.2, -0.15) is 5.10 Å². The predicted molar refractivity (Wildman–Crippen MR) is 109 cm³/mol. The summed E-state index contributed by atoms with van der Waals surface area (Å²) >= 11 is 1.43. The minimum absolute atomic E-state index is 0.00977. The Balaban J connectivity index is 1.76.